The number of fused-ring (bicyclic) bond motifs is 1. The molecule has 3 nitrogen and oxygen atoms in total. The van der Waals surface area contributed by atoms with Crippen LogP contribution in [0, 0.1) is 0 Å². The number of aryl methyl sites for hydroxylation is 1. The molecule has 1 N–H and O–H groups in total. The maximum atomic E-state index is 9.06. The third kappa shape index (κ3) is 1.87. The Morgan fingerprint density at radius 3 is 2.88 bits per heavy atom. The summed E-state index contributed by atoms with van der Waals surface area (Å²) >= 11 is 0. The average molecular weight is 228 g/mol. The SMILES string of the molecule is OCc1ccn(-c2cccc3c2CCCC3)n1. The zero-order valence-corrected chi connectivity index (χ0v) is 9.76. The summed E-state index contributed by atoms with van der Waals surface area (Å²) in [4.78, 5) is 0. The fraction of sp³-hybridized carbons (Fsp3) is 0.357. The average Bonchev–Trinajstić information content (AvgIpc) is 2.87. The number of aliphatic hydroxyl groups excluding tert-OH is 1. The third-order valence-electron chi connectivity index (χ3n) is 3.42. The summed E-state index contributed by atoms with van der Waals surface area (Å²) in [5.41, 5.74) is 4.77. The lowest BCUT2D eigenvalue weighted by Crippen LogP contribution is -2.08. The molecule has 1 aliphatic rings. The Bertz CT molecular complexity index is 531. The second-order valence-electron chi connectivity index (χ2n) is 4.53. The van der Waals surface area contributed by atoms with Crippen molar-refractivity contribution in [3.63, 3.8) is 0 Å². The first-order valence-corrected chi connectivity index (χ1v) is 6.15. The number of benzene rings is 1. The van der Waals surface area contributed by atoms with Crippen molar-refractivity contribution >= 4 is 0 Å². The van der Waals surface area contributed by atoms with Gasteiger partial charge in [-0.2, -0.15) is 5.10 Å². The highest BCUT2D eigenvalue weighted by atomic mass is 16.3. The molecule has 3 heteroatoms. The summed E-state index contributed by atoms with van der Waals surface area (Å²) in [6.45, 7) is 0.00201. The summed E-state index contributed by atoms with van der Waals surface area (Å²) in [6, 6.07) is 8.29. The van der Waals surface area contributed by atoms with Crippen molar-refractivity contribution < 1.29 is 5.11 Å². The first-order valence-electron chi connectivity index (χ1n) is 6.15. The number of rotatable bonds is 2. The Labute approximate surface area is 101 Å². The molecule has 1 aromatic carbocycles. The van der Waals surface area contributed by atoms with Crippen LogP contribution < -0.4 is 0 Å². The standard InChI is InChI=1S/C14H16N2O/c17-10-12-8-9-16(15-12)14-7-3-5-11-4-1-2-6-13(11)14/h3,5,7-9,17H,1-2,4,6,10H2. The first kappa shape index (κ1) is 10.5. The predicted molar refractivity (Wildman–Crippen MR) is 66.1 cm³/mol. The number of nitrogens with zero attached hydrogens (tertiary/aromatic N) is 2. The van der Waals surface area contributed by atoms with E-state index in [1.165, 1.54) is 36.1 Å². The van der Waals surface area contributed by atoms with Crippen LogP contribution in [0.15, 0.2) is 30.5 Å². The van der Waals surface area contributed by atoms with Gasteiger partial charge in [0.1, 0.15) is 0 Å². The van der Waals surface area contributed by atoms with Gasteiger partial charge in [-0.3, -0.25) is 0 Å². The van der Waals surface area contributed by atoms with Crippen LogP contribution in [-0.2, 0) is 19.4 Å². The Kier molecular flexibility index (Phi) is 2.69. The summed E-state index contributed by atoms with van der Waals surface area (Å²) < 4.78 is 1.88. The highest BCUT2D eigenvalue weighted by molar-refractivity contribution is 5.46. The lowest BCUT2D eigenvalue weighted by Gasteiger charge is -2.19. The zero-order chi connectivity index (χ0) is 11.7. The molecule has 0 amide bonds. The third-order valence-corrected chi connectivity index (χ3v) is 3.42. The van der Waals surface area contributed by atoms with E-state index in [9.17, 15) is 0 Å². The maximum absolute atomic E-state index is 9.06. The second-order valence-corrected chi connectivity index (χ2v) is 4.53. The smallest absolute Gasteiger partial charge is 0.0883 e. The summed E-state index contributed by atoms with van der Waals surface area (Å²) in [7, 11) is 0. The van der Waals surface area contributed by atoms with Crippen LogP contribution >= 0.6 is 0 Å². The molecular weight excluding hydrogens is 212 g/mol. The molecule has 0 aliphatic heterocycles. The fourth-order valence-corrected chi connectivity index (χ4v) is 2.56. The van der Waals surface area contributed by atoms with E-state index in [-0.39, 0.29) is 6.61 Å². The molecule has 1 heterocycles. The van der Waals surface area contributed by atoms with Crippen molar-refractivity contribution in [1.82, 2.24) is 9.78 Å². The number of aromatic nitrogens is 2. The fourth-order valence-electron chi connectivity index (χ4n) is 2.56. The van der Waals surface area contributed by atoms with E-state index in [1.807, 2.05) is 16.9 Å². The van der Waals surface area contributed by atoms with Crippen molar-refractivity contribution in [2.24, 2.45) is 0 Å². The summed E-state index contributed by atoms with van der Waals surface area (Å²) in [6.07, 6.45) is 6.79. The van der Waals surface area contributed by atoms with Gasteiger partial charge in [0.2, 0.25) is 0 Å². The van der Waals surface area contributed by atoms with Crippen LogP contribution in [0.2, 0.25) is 0 Å². The van der Waals surface area contributed by atoms with Crippen LogP contribution in [0.1, 0.15) is 29.7 Å². The highest BCUT2D eigenvalue weighted by Crippen LogP contribution is 2.26. The van der Waals surface area contributed by atoms with Gasteiger partial charge in [0.15, 0.2) is 0 Å². The molecule has 0 fully saturated rings. The molecule has 0 spiro atoms. The van der Waals surface area contributed by atoms with Crippen molar-refractivity contribution in [3.8, 4) is 5.69 Å². The Morgan fingerprint density at radius 2 is 2.06 bits per heavy atom. The zero-order valence-electron chi connectivity index (χ0n) is 9.76. The van der Waals surface area contributed by atoms with E-state index >= 15 is 0 Å². The number of hydrogen-bond acceptors (Lipinski definition) is 2. The van der Waals surface area contributed by atoms with Crippen molar-refractivity contribution in [2.45, 2.75) is 32.3 Å². The van der Waals surface area contributed by atoms with Gasteiger partial charge in [0.05, 0.1) is 18.0 Å². The molecule has 17 heavy (non-hydrogen) atoms. The molecule has 0 bridgehead atoms. The summed E-state index contributed by atoms with van der Waals surface area (Å²) in [5.74, 6) is 0. The van der Waals surface area contributed by atoms with Gasteiger partial charge in [-0.25, -0.2) is 4.68 Å². The lowest BCUT2D eigenvalue weighted by atomic mass is 9.90. The maximum Gasteiger partial charge on any atom is 0.0883 e. The van der Waals surface area contributed by atoms with Gasteiger partial charge in [-0.05, 0) is 48.9 Å². The minimum Gasteiger partial charge on any atom is -0.390 e. The van der Waals surface area contributed by atoms with Crippen molar-refractivity contribution in [1.29, 1.82) is 0 Å². The first-order chi connectivity index (χ1) is 8.38. The Hall–Kier alpha value is -1.61. The van der Waals surface area contributed by atoms with Crippen molar-refractivity contribution in [2.75, 3.05) is 0 Å². The van der Waals surface area contributed by atoms with Crippen LogP contribution in [-0.4, -0.2) is 14.9 Å². The van der Waals surface area contributed by atoms with E-state index < -0.39 is 0 Å². The molecule has 0 saturated carbocycles. The van der Waals surface area contributed by atoms with Gasteiger partial charge in [0.25, 0.3) is 0 Å². The van der Waals surface area contributed by atoms with Gasteiger partial charge >= 0.3 is 0 Å². The van der Waals surface area contributed by atoms with Crippen LogP contribution in [0.5, 0.6) is 0 Å². The summed E-state index contributed by atoms with van der Waals surface area (Å²) in [5, 5.41) is 13.4. The molecular formula is C14H16N2O. The molecule has 1 aliphatic carbocycles. The highest BCUT2D eigenvalue weighted by Gasteiger charge is 2.14. The van der Waals surface area contributed by atoms with Gasteiger partial charge in [-0.15, -0.1) is 0 Å². The minimum absolute atomic E-state index is 0.00201. The van der Waals surface area contributed by atoms with E-state index in [1.54, 1.807) is 0 Å². The predicted octanol–water partition coefficient (Wildman–Crippen LogP) is 2.24. The molecule has 0 saturated heterocycles. The second kappa shape index (κ2) is 4.34. The molecule has 3 rings (SSSR count). The normalized spacial score (nSPS) is 14.6. The van der Waals surface area contributed by atoms with E-state index in [0.717, 1.165) is 12.1 Å². The largest absolute Gasteiger partial charge is 0.390 e. The molecule has 88 valence electrons. The Balaban J connectivity index is 2.07. The monoisotopic (exact) mass is 228 g/mol. The van der Waals surface area contributed by atoms with E-state index in [2.05, 4.69) is 23.3 Å². The van der Waals surface area contributed by atoms with Gasteiger partial charge in [0, 0.05) is 6.20 Å². The lowest BCUT2D eigenvalue weighted by molar-refractivity contribution is 0.276. The van der Waals surface area contributed by atoms with Crippen molar-refractivity contribution in [3.05, 3.63) is 47.3 Å². The van der Waals surface area contributed by atoms with E-state index in [4.69, 9.17) is 5.11 Å². The Morgan fingerprint density at radius 1 is 1.18 bits per heavy atom. The minimum atomic E-state index is 0.00201. The topological polar surface area (TPSA) is 38.0 Å². The van der Waals surface area contributed by atoms with Gasteiger partial charge in [-0.1, -0.05) is 12.1 Å². The van der Waals surface area contributed by atoms with Gasteiger partial charge < -0.3 is 5.11 Å². The van der Waals surface area contributed by atoms with E-state index in [0.29, 0.717) is 0 Å². The molecule has 0 radical (unpaired) electrons. The number of aliphatic hydroxyl groups is 1. The molecule has 0 atom stereocenters. The van der Waals surface area contributed by atoms with Crippen LogP contribution in [0.25, 0.3) is 5.69 Å². The molecule has 1 aromatic heterocycles. The van der Waals surface area contributed by atoms with Crippen LogP contribution in [0.3, 0.4) is 0 Å². The van der Waals surface area contributed by atoms with Crippen LogP contribution in [0.4, 0.5) is 0 Å². The molecule has 2 aromatic rings. The molecule has 0 unspecified atom stereocenters. The number of hydrogen-bond donors (Lipinski definition) is 1. The quantitative estimate of drug-likeness (QED) is 0.856.